The quantitative estimate of drug-likeness (QED) is 0.781. The number of hydrogen-bond donors (Lipinski definition) is 1. The Bertz CT molecular complexity index is 273. The highest BCUT2D eigenvalue weighted by Crippen LogP contribution is 2.24. The van der Waals surface area contributed by atoms with Crippen LogP contribution in [0.4, 0.5) is 0 Å². The molecule has 0 spiro atoms. The van der Waals surface area contributed by atoms with Crippen molar-refractivity contribution < 1.29 is 4.79 Å². The highest BCUT2D eigenvalue weighted by molar-refractivity contribution is 5.99. The first kappa shape index (κ1) is 13.4. The number of allylic oxidation sites excluding steroid dienone is 1. The van der Waals surface area contributed by atoms with Gasteiger partial charge in [0.05, 0.1) is 6.04 Å². The van der Waals surface area contributed by atoms with Crippen LogP contribution in [0.1, 0.15) is 59.3 Å². The molecule has 0 aromatic carbocycles. The first-order chi connectivity index (χ1) is 7.43. The summed E-state index contributed by atoms with van der Waals surface area (Å²) in [6, 6.07) is -0.363. The Balaban J connectivity index is 2.71. The molecule has 92 valence electrons. The van der Waals surface area contributed by atoms with Gasteiger partial charge in [-0.25, -0.2) is 0 Å². The van der Waals surface area contributed by atoms with E-state index in [0.29, 0.717) is 0 Å². The first-order valence-corrected chi connectivity index (χ1v) is 6.42. The molecular weight excluding hydrogens is 198 g/mol. The third-order valence-corrected chi connectivity index (χ3v) is 3.32. The molecule has 0 radical (unpaired) electrons. The normalized spacial score (nSPS) is 20.6. The van der Waals surface area contributed by atoms with Crippen molar-refractivity contribution in [2.75, 3.05) is 0 Å². The molecule has 16 heavy (non-hydrogen) atoms. The summed E-state index contributed by atoms with van der Waals surface area (Å²) in [5, 5.41) is 0. The monoisotopic (exact) mass is 223 g/mol. The van der Waals surface area contributed by atoms with E-state index in [4.69, 9.17) is 5.73 Å². The van der Waals surface area contributed by atoms with E-state index in [1.165, 1.54) is 19.3 Å². The Morgan fingerprint density at radius 1 is 1.25 bits per heavy atom. The predicted octanol–water partition coefficient (Wildman–Crippen LogP) is 3.21. The SMILES string of the molecule is CC(C)(C)C(N)C(=O)C1=CCCCCCC1. The molecule has 0 saturated heterocycles. The lowest BCUT2D eigenvalue weighted by atomic mass is 9.81. The van der Waals surface area contributed by atoms with Crippen LogP contribution in [0, 0.1) is 5.41 Å². The van der Waals surface area contributed by atoms with Crippen molar-refractivity contribution >= 4 is 5.78 Å². The lowest BCUT2D eigenvalue weighted by molar-refractivity contribution is -0.119. The number of Topliss-reactive ketones (excluding diaryl/α,β-unsaturated/α-hetero) is 1. The Hall–Kier alpha value is -0.630. The number of ketones is 1. The molecule has 1 unspecified atom stereocenters. The smallest absolute Gasteiger partial charge is 0.175 e. The van der Waals surface area contributed by atoms with Crippen molar-refractivity contribution in [2.24, 2.45) is 11.1 Å². The van der Waals surface area contributed by atoms with Crippen molar-refractivity contribution in [1.29, 1.82) is 0 Å². The van der Waals surface area contributed by atoms with Gasteiger partial charge < -0.3 is 5.73 Å². The van der Waals surface area contributed by atoms with Gasteiger partial charge >= 0.3 is 0 Å². The molecule has 2 N–H and O–H groups in total. The van der Waals surface area contributed by atoms with E-state index in [9.17, 15) is 4.79 Å². The fraction of sp³-hybridized carbons (Fsp3) is 0.786. The standard InChI is InChI=1S/C14H25NO/c1-14(2,3)13(15)12(16)11-9-7-5-4-6-8-10-11/h9,13H,4-8,10,15H2,1-3H3. The second-order valence-corrected chi connectivity index (χ2v) is 5.89. The van der Waals surface area contributed by atoms with Gasteiger partial charge in [-0.1, -0.05) is 39.7 Å². The van der Waals surface area contributed by atoms with Crippen LogP contribution in [0.25, 0.3) is 0 Å². The minimum atomic E-state index is -0.363. The third kappa shape index (κ3) is 3.75. The van der Waals surface area contributed by atoms with Gasteiger partial charge in [-0.15, -0.1) is 0 Å². The average Bonchev–Trinajstić information content (AvgIpc) is 2.13. The molecule has 0 aromatic heterocycles. The zero-order chi connectivity index (χ0) is 12.2. The van der Waals surface area contributed by atoms with E-state index in [-0.39, 0.29) is 17.2 Å². The number of carbonyl (C=O) groups is 1. The van der Waals surface area contributed by atoms with Crippen molar-refractivity contribution in [2.45, 2.75) is 65.3 Å². The van der Waals surface area contributed by atoms with E-state index in [1.807, 2.05) is 20.8 Å². The molecule has 1 atom stereocenters. The fourth-order valence-electron chi connectivity index (χ4n) is 2.01. The molecule has 0 amide bonds. The van der Waals surface area contributed by atoms with Crippen LogP contribution in [0.2, 0.25) is 0 Å². The van der Waals surface area contributed by atoms with Crippen molar-refractivity contribution in [1.82, 2.24) is 0 Å². The molecule has 2 heteroatoms. The van der Waals surface area contributed by atoms with Gasteiger partial charge in [0.25, 0.3) is 0 Å². The number of carbonyl (C=O) groups excluding carboxylic acids is 1. The third-order valence-electron chi connectivity index (χ3n) is 3.32. The van der Waals surface area contributed by atoms with Gasteiger partial charge in [0.15, 0.2) is 5.78 Å². The number of nitrogens with two attached hydrogens (primary N) is 1. The zero-order valence-electron chi connectivity index (χ0n) is 10.9. The molecule has 1 aliphatic carbocycles. The Morgan fingerprint density at radius 3 is 2.50 bits per heavy atom. The maximum Gasteiger partial charge on any atom is 0.175 e. The zero-order valence-corrected chi connectivity index (χ0v) is 10.9. The van der Waals surface area contributed by atoms with Crippen LogP contribution in [0.3, 0.4) is 0 Å². The summed E-state index contributed by atoms with van der Waals surface area (Å²) >= 11 is 0. The Morgan fingerprint density at radius 2 is 1.88 bits per heavy atom. The van der Waals surface area contributed by atoms with Crippen LogP contribution >= 0.6 is 0 Å². The van der Waals surface area contributed by atoms with E-state index in [0.717, 1.165) is 24.8 Å². The molecule has 0 saturated carbocycles. The van der Waals surface area contributed by atoms with Crippen LogP contribution in [-0.2, 0) is 4.79 Å². The molecular formula is C14H25NO. The molecule has 0 aliphatic heterocycles. The molecule has 0 aromatic rings. The largest absolute Gasteiger partial charge is 0.321 e. The van der Waals surface area contributed by atoms with E-state index in [1.54, 1.807) is 0 Å². The summed E-state index contributed by atoms with van der Waals surface area (Å²) in [5.74, 6) is 0.161. The average molecular weight is 223 g/mol. The lowest BCUT2D eigenvalue weighted by Crippen LogP contribution is -2.43. The van der Waals surface area contributed by atoms with E-state index < -0.39 is 0 Å². The summed E-state index contributed by atoms with van der Waals surface area (Å²) in [4.78, 5) is 12.2. The van der Waals surface area contributed by atoms with Crippen molar-refractivity contribution in [3.63, 3.8) is 0 Å². The maximum absolute atomic E-state index is 12.2. The van der Waals surface area contributed by atoms with E-state index in [2.05, 4.69) is 6.08 Å². The van der Waals surface area contributed by atoms with Crippen LogP contribution in [-0.4, -0.2) is 11.8 Å². The molecule has 2 nitrogen and oxygen atoms in total. The van der Waals surface area contributed by atoms with E-state index >= 15 is 0 Å². The lowest BCUT2D eigenvalue weighted by Gasteiger charge is -2.27. The van der Waals surface area contributed by atoms with Gasteiger partial charge in [-0.05, 0) is 36.7 Å². The maximum atomic E-state index is 12.2. The first-order valence-electron chi connectivity index (χ1n) is 6.42. The summed E-state index contributed by atoms with van der Waals surface area (Å²) < 4.78 is 0. The van der Waals surface area contributed by atoms with Gasteiger partial charge in [-0.2, -0.15) is 0 Å². The number of rotatable bonds is 2. The molecule has 1 rings (SSSR count). The van der Waals surface area contributed by atoms with Crippen molar-refractivity contribution in [3.8, 4) is 0 Å². The summed E-state index contributed by atoms with van der Waals surface area (Å²) in [5.41, 5.74) is 6.86. The van der Waals surface area contributed by atoms with Gasteiger partial charge in [0.1, 0.15) is 0 Å². The predicted molar refractivity (Wildman–Crippen MR) is 68.2 cm³/mol. The molecule has 0 heterocycles. The van der Waals surface area contributed by atoms with Crippen LogP contribution in [0.15, 0.2) is 11.6 Å². The topological polar surface area (TPSA) is 43.1 Å². The van der Waals surface area contributed by atoms with Gasteiger partial charge in [0.2, 0.25) is 0 Å². The summed E-state index contributed by atoms with van der Waals surface area (Å²) in [6.07, 6.45) is 8.96. The molecule has 0 fully saturated rings. The number of hydrogen-bond acceptors (Lipinski definition) is 2. The minimum absolute atomic E-state index is 0.139. The highest BCUT2D eigenvalue weighted by atomic mass is 16.1. The minimum Gasteiger partial charge on any atom is -0.321 e. The Kier molecular flexibility index (Phi) is 4.72. The summed E-state index contributed by atoms with van der Waals surface area (Å²) in [6.45, 7) is 6.08. The molecule has 0 bridgehead atoms. The van der Waals surface area contributed by atoms with Crippen molar-refractivity contribution in [3.05, 3.63) is 11.6 Å². The van der Waals surface area contributed by atoms with Gasteiger partial charge in [-0.3, -0.25) is 4.79 Å². The summed E-state index contributed by atoms with van der Waals surface area (Å²) in [7, 11) is 0. The second-order valence-electron chi connectivity index (χ2n) is 5.89. The van der Waals surface area contributed by atoms with Crippen LogP contribution < -0.4 is 5.73 Å². The highest BCUT2D eigenvalue weighted by Gasteiger charge is 2.29. The van der Waals surface area contributed by atoms with Gasteiger partial charge in [0, 0.05) is 0 Å². The van der Waals surface area contributed by atoms with Crippen LogP contribution in [0.5, 0.6) is 0 Å². The second kappa shape index (κ2) is 5.62. The Labute approximate surface area is 99.3 Å². The fourth-order valence-corrected chi connectivity index (χ4v) is 2.01. The molecule has 1 aliphatic rings.